The molecule has 82 valence electrons. The summed E-state index contributed by atoms with van der Waals surface area (Å²) in [7, 11) is 0. The Hall–Kier alpha value is -1.51. The highest BCUT2D eigenvalue weighted by Crippen LogP contribution is 2.29. The van der Waals surface area contributed by atoms with Crippen LogP contribution < -0.4 is 0 Å². The van der Waals surface area contributed by atoms with Crippen molar-refractivity contribution in [1.82, 2.24) is 0 Å². The first-order valence-corrected chi connectivity index (χ1v) is 5.27. The summed E-state index contributed by atoms with van der Waals surface area (Å²) in [6, 6.07) is 12.3. The molecule has 0 bridgehead atoms. The topological polar surface area (TPSA) is 40.5 Å². The summed E-state index contributed by atoms with van der Waals surface area (Å²) in [5.41, 5.74) is 2.61. The second-order valence-electron chi connectivity index (χ2n) is 3.52. The average molecular weight is 235 g/mol. The van der Waals surface area contributed by atoms with Crippen molar-refractivity contribution in [2.75, 3.05) is 0 Å². The van der Waals surface area contributed by atoms with Crippen LogP contribution in [-0.4, -0.2) is 10.2 Å². The Morgan fingerprint density at radius 1 is 1.00 bits per heavy atom. The summed E-state index contributed by atoms with van der Waals surface area (Å²) in [6.07, 6.45) is 0. The zero-order valence-corrected chi connectivity index (χ0v) is 9.28. The van der Waals surface area contributed by atoms with Crippen LogP contribution in [0.25, 0.3) is 11.1 Å². The first kappa shape index (κ1) is 11.0. The number of aliphatic hydroxyl groups is 1. The highest BCUT2D eigenvalue weighted by atomic mass is 35.5. The Morgan fingerprint density at radius 3 is 2.25 bits per heavy atom. The van der Waals surface area contributed by atoms with Gasteiger partial charge in [0.1, 0.15) is 5.75 Å². The summed E-state index contributed by atoms with van der Waals surface area (Å²) in [5, 5.41) is 18.8. The molecule has 0 spiro atoms. The molecule has 0 saturated carbocycles. The summed E-state index contributed by atoms with van der Waals surface area (Å²) >= 11 is 6.11. The predicted molar refractivity (Wildman–Crippen MR) is 64.5 cm³/mol. The van der Waals surface area contributed by atoms with E-state index >= 15 is 0 Å². The van der Waals surface area contributed by atoms with Crippen LogP contribution in [0.15, 0.2) is 42.5 Å². The van der Waals surface area contributed by atoms with Crippen molar-refractivity contribution in [2.24, 2.45) is 0 Å². The lowest BCUT2D eigenvalue weighted by Gasteiger charge is -2.06. The number of phenols is 1. The minimum absolute atomic E-state index is 0.0183. The lowest BCUT2D eigenvalue weighted by molar-refractivity contribution is 0.282. The molecule has 0 aromatic heterocycles. The van der Waals surface area contributed by atoms with Gasteiger partial charge in [0.15, 0.2) is 0 Å². The molecule has 2 N–H and O–H groups in total. The monoisotopic (exact) mass is 234 g/mol. The van der Waals surface area contributed by atoms with Crippen LogP contribution in [-0.2, 0) is 6.61 Å². The maximum Gasteiger partial charge on any atom is 0.115 e. The fourth-order valence-corrected chi connectivity index (χ4v) is 1.84. The first-order valence-electron chi connectivity index (χ1n) is 4.89. The van der Waals surface area contributed by atoms with Crippen LogP contribution in [0.2, 0.25) is 5.02 Å². The number of halogens is 1. The molecule has 0 heterocycles. The van der Waals surface area contributed by atoms with E-state index in [0.717, 1.165) is 16.7 Å². The van der Waals surface area contributed by atoms with Gasteiger partial charge < -0.3 is 10.2 Å². The lowest BCUT2D eigenvalue weighted by Crippen LogP contribution is -1.85. The van der Waals surface area contributed by atoms with Crippen molar-refractivity contribution < 1.29 is 10.2 Å². The molecule has 0 unspecified atom stereocenters. The Balaban J connectivity index is 2.44. The number of phenolic OH excluding ortho intramolecular Hbond substituents is 1. The average Bonchev–Trinajstić information content (AvgIpc) is 2.30. The van der Waals surface area contributed by atoms with Gasteiger partial charge in [0.25, 0.3) is 0 Å². The summed E-state index contributed by atoms with van der Waals surface area (Å²) in [4.78, 5) is 0. The van der Waals surface area contributed by atoms with Crippen LogP contribution >= 0.6 is 11.6 Å². The number of benzene rings is 2. The first-order chi connectivity index (χ1) is 7.70. The van der Waals surface area contributed by atoms with Gasteiger partial charge in [0.2, 0.25) is 0 Å². The van der Waals surface area contributed by atoms with Gasteiger partial charge in [0.05, 0.1) is 6.61 Å². The van der Waals surface area contributed by atoms with E-state index in [1.807, 2.05) is 12.1 Å². The van der Waals surface area contributed by atoms with Crippen molar-refractivity contribution in [2.45, 2.75) is 6.61 Å². The van der Waals surface area contributed by atoms with E-state index in [1.165, 1.54) is 0 Å². The fourth-order valence-electron chi connectivity index (χ4n) is 1.53. The Bertz CT molecular complexity index is 492. The molecular formula is C13H11ClO2. The van der Waals surface area contributed by atoms with Gasteiger partial charge >= 0.3 is 0 Å². The Labute approximate surface area is 98.7 Å². The quantitative estimate of drug-likeness (QED) is 0.838. The third-order valence-corrected chi connectivity index (χ3v) is 2.71. The molecule has 0 amide bonds. The summed E-state index contributed by atoms with van der Waals surface area (Å²) in [5.74, 6) is 0.229. The van der Waals surface area contributed by atoms with Crippen molar-refractivity contribution in [3.8, 4) is 16.9 Å². The number of hydrogen-bond donors (Lipinski definition) is 2. The summed E-state index contributed by atoms with van der Waals surface area (Å²) < 4.78 is 0. The zero-order valence-electron chi connectivity index (χ0n) is 8.52. The van der Waals surface area contributed by atoms with E-state index in [9.17, 15) is 5.11 Å². The Kier molecular flexibility index (Phi) is 3.13. The van der Waals surface area contributed by atoms with Gasteiger partial charge in [-0.05, 0) is 29.3 Å². The van der Waals surface area contributed by atoms with E-state index in [2.05, 4.69) is 0 Å². The van der Waals surface area contributed by atoms with Gasteiger partial charge in [-0.15, -0.1) is 0 Å². The molecule has 2 aromatic rings. The molecule has 2 rings (SSSR count). The second kappa shape index (κ2) is 4.56. The third-order valence-electron chi connectivity index (χ3n) is 2.39. The minimum Gasteiger partial charge on any atom is -0.508 e. The largest absolute Gasteiger partial charge is 0.508 e. The van der Waals surface area contributed by atoms with Gasteiger partial charge in [-0.25, -0.2) is 0 Å². The molecule has 0 saturated heterocycles. The number of rotatable bonds is 2. The van der Waals surface area contributed by atoms with Crippen molar-refractivity contribution in [3.05, 3.63) is 53.1 Å². The number of aromatic hydroxyl groups is 1. The molecule has 3 heteroatoms. The van der Waals surface area contributed by atoms with E-state index < -0.39 is 0 Å². The summed E-state index contributed by atoms with van der Waals surface area (Å²) in [6.45, 7) is -0.0183. The van der Waals surface area contributed by atoms with Crippen molar-refractivity contribution >= 4 is 11.6 Å². The van der Waals surface area contributed by atoms with E-state index in [1.54, 1.807) is 30.3 Å². The van der Waals surface area contributed by atoms with Crippen LogP contribution in [0.1, 0.15) is 5.56 Å². The maximum atomic E-state index is 9.19. The zero-order chi connectivity index (χ0) is 11.5. The SMILES string of the molecule is OCc1ccc(-c2ccc(O)cc2)c(Cl)c1. The maximum absolute atomic E-state index is 9.19. The van der Waals surface area contributed by atoms with E-state index in [4.69, 9.17) is 16.7 Å². The molecule has 0 aliphatic carbocycles. The van der Waals surface area contributed by atoms with Crippen LogP contribution in [0.4, 0.5) is 0 Å². The normalized spacial score (nSPS) is 10.4. The van der Waals surface area contributed by atoms with Crippen LogP contribution in [0, 0.1) is 0 Å². The van der Waals surface area contributed by atoms with Crippen molar-refractivity contribution in [3.63, 3.8) is 0 Å². The lowest BCUT2D eigenvalue weighted by atomic mass is 10.0. The van der Waals surface area contributed by atoms with Crippen LogP contribution in [0.3, 0.4) is 0 Å². The molecule has 0 radical (unpaired) electrons. The molecule has 2 aromatic carbocycles. The molecule has 0 atom stereocenters. The van der Waals surface area contributed by atoms with Gasteiger partial charge in [-0.2, -0.15) is 0 Å². The number of hydrogen-bond acceptors (Lipinski definition) is 2. The van der Waals surface area contributed by atoms with E-state index in [0.29, 0.717) is 5.02 Å². The smallest absolute Gasteiger partial charge is 0.115 e. The molecule has 0 aliphatic rings. The van der Waals surface area contributed by atoms with E-state index in [-0.39, 0.29) is 12.4 Å². The molecule has 0 fully saturated rings. The third kappa shape index (κ3) is 2.18. The van der Waals surface area contributed by atoms with Crippen LogP contribution in [0.5, 0.6) is 5.75 Å². The van der Waals surface area contributed by atoms with Gasteiger partial charge in [0, 0.05) is 10.6 Å². The second-order valence-corrected chi connectivity index (χ2v) is 3.93. The van der Waals surface area contributed by atoms with Gasteiger partial charge in [-0.1, -0.05) is 35.9 Å². The Morgan fingerprint density at radius 2 is 1.69 bits per heavy atom. The highest BCUT2D eigenvalue weighted by Gasteiger charge is 2.04. The minimum atomic E-state index is -0.0183. The molecule has 2 nitrogen and oxygen atoms in total. The standard InChI is InChI=1S/C13H11ClO2/c14-13-7-9(8-15)1-6-12(13)10-2-4-11(16)5-3-10/h1-7,15-16H,8H2. The molecular weight excluding hydrogens is 224 g/mol. The highest BCUT2D eigenvalue weighted by molar-refractivity contribution is 6.33. The number of aliphatic hydroxyl groups excluding tert-OH is 1. The molecule has 16 heavy (non-hydrogen) atoms. The van der Waals surface area contributed by atoms with Gasteiger partial charge in [-0.3, -0.25) is 0 Å². The predicted octanol–water partition coefficient (Wildman–Crippen LogP) is 3.20. The van der Waals surface area contributed by atoms with Crippen molar-refractivity contribution in [1.29, 1.82) is 0 Å². The molecule has 0 aliphatic heterocycles. The fraction of sp³-hybridized carbons (Fsp3) is 0.0769.